The third-order valence-corrected chi connectivity index (χ3v) is 6.94. The van der Waals surface area contributed by atoms with Crippen LogP contribution in [-0.4, -0.2) is 11.9 Å². The summed E-state index contributed by atoms with van der Waals surface area (Å²) in [5.41, 5.74) is 0.582. The standard InChI is InChI=1S/C20H8Br6O4/c21-11-5-13(23)17(14(24)6-11)29-19(27)9-1-2-10(4-3-9)20(28)30-18-15(25)7-12(22)8-16(18)26/h1-8H. The average Bonchev–Trinajstić information content (AvgIpc) is 2.67. The molecule has 154 valence electrons. The van der Waals surface area contributed by atoms with E-state index >= 15 is 0 Å². The largest absolute Gasteiger partial charge is 0.421 e. The van der Waals surface area contributed by atoms with Crippen molar-refractivity contribution in [1.82, 2.24) is 0 Å². The van der Waals surface area contributed by atoms with Crippen molar-refractivity contribution in [2.24, 2.45) is 0 Å². The third-order valence-electron chi connectivity index (χ3n) is 3.67. The molecule has 0 saturated heterocycles. The van der Waals surface area contributed by atoms with Gasteiger partial charge in [0.2, 0.25) is 0 Å². The van der Waals surface area contributed by atoms with E-state index < -0.39 is 11.9 Å². The Labute approximate surface area is 222 Å². The zero-order valence-electron chi connectivity index (χ0n) is 14.5. The summed E-state index contributed by atoms with van der Waals surface area (Å²) >= 11 is 20.2. The second kappa shape index (κ2) is 10.4. The van der Waals surface area contributed by atoms with Gasteiger partial charge < -0.3 is 9.47 Å². The van der Waals surface area contributed by atoms with Gasteiger partial charge in [-0.1, -0.05) is 31.9 Å². The molecular weight excluding hydrogens is 784 g/mol. The predicted octanol–water partition coefficient (Wildman–Crippen LogP) is 8.70. The van der Waals surface area contributed by atoms with Gasteiger partial charge >= 0.3 is 11.9 Å². The van der Waals surface area contributed by atoms with Crippen molar-refractivity contribution < 1.29 is 19.1 Å². The zero-order chi connectivity index (χ0) is 22.0. The topological polar surface area (TPSA) is 52.6 Å². The van der Waals surface area contributed by atoms with E-state index in [4.69, 9.17) is 9.47 Å². The quantitative estimate of drug-likeness (QED) is 0.196. The second-order valence-electron chi connectivity index (χ2n) is 5.75. The van der Waals surface area contributed by atoms with Crippen LogP contribution >= 0.6 is 95.6 Å². The van der Waals surface area contributed by atoms with Crippen LogP contribution in [0.3, 0.4) is 0 Å². The molecule has 0 heterocycles. The van der Waals surface area contributed by atoms with E-state index in [1.54, 1.807) is 24.3 Å². The minimum absolute atomic E-state index is 0.291. The van der Waals surface area contributed by atoms with Gasteiger partial charge in [-0.05, 0) is 112 Å². The first kappa shape index (κ1) is 24.1. The molecule has 0 aliphatic rings. The van der Waals surface area contributed by atoms with Crippen LogP contribution in [0.1, 0.15) is 20.7 Å². The predicted molar refractivity (Wildman–Crippen MR) is 135 cm³/mol. The lowest BCUT2D eigenvalue weighted by molar-refractivity contribution is 0.0718. The smallest absolute Gasteiger partial charge is 0.343 e. The molecule has 0 N–H and O–H groups in total. The van der Waals surface area contributed by atoms with Gasteiger partial charge in [0.25, 0.3) is 0 Å². The van der Waals surface area contributed by atoms with Gasteiger partial charge in [-0.2, -0.15) is 0 Å². The maximum absolute atomic E-state index is 12.5. The second-order valence-corrected chi connectivity index (χ2v) is 11.0. The van der Waals surface area contributed by atoms with E-state index in [0.717, 1.165) is 8.95 Å². The highest BCUT2D eigenvalue weighted by Gasteiger charge is 2.18. The summed E-state index contributed by atoms with van der Waals surface area (Å²) in [6.45, 7) is 0. The Bertz CT molecular complexity index is 1010. The highest BCUT2D eigenvalue weighted by atomic mass is 79.9. The number of rotatable bonds is 4. The normalized spacial score (nSPS) is 10.6. The van der Waals surface area contributed by atoms with Crippen molar-refractivity contribution in [2.75, 3.05) is 0 Å². The fourth-order valence-electron chi connectivity index (χ4n) is 2.30. The molecule has 3 rings (SSSR count). The molecule has 0 aliphatic heterocycles. The maximum Gasteiger partial charge on any atom is 0.343 e. The molecule has 0 atom stereocenters. The lowest BCUT2D eigenvalue weighted by atomic mass is 10.1. The lowest BCUT2D eigenvalue weighted by Crippen LogP contribution is -2.12. The van der Waals surface area contributed by atoms with Crippen LogP contribution in [0, 0.1) is 0 Å². The third kappa shape index (κ3) is 5.83. The van der Waals surface area contributed by atoms with Crippen LogP contribution in [0.4, 0.5) is 0 Å². The van der Waals surface area contributed by atoms with E-state index in [1.807, 2.05) is 0 Å². The number of halogens is 6. The number of benzene rings is 3. The van der Waals surface area contributed by atoms with Crippen molar-refractivity contribution in [2.45, 2.75) is 0 Å². The van der Waals surface area contributed by atoms with Gasteiger partial charge in [0, 0.05) is 8.95 Å². The highest BCUT2D eigenvalue weighted by Crippen LogP contribution is 2.38. The minimum Gasteiger partial charge on any atom is -0.421 e. The molecular formula is C20H8Br6O4. The van der Waals surface area contributed by atoms with Crippen LogP contribution in [0.2, 0.25) is 0 Å². The summed E-state index contributed by atoms with van der Waals surface area (Å²) in [4.78, 5) is 25.0. The number of esters is 2. The molecule has 0 bridgehead atoms. The molecule has 0 saturated carbocycles. The molecule has 30 heavy (non-hydrogen) atoms. The van der Waals surface area contributed by atoms with E-state index in [1.165, 1.54) is 24.3 Å². The summed E-state index contributed by atoms with van der Waals surface area (Å²) in [6.07, 6.45) is 0. The van der Waals surface area contributed by atoms with Crippen molar-refractivity contribution in [3.8, 4) is 11.5 Å². The Balaban J connectivity index is 1.75. The van der Waals surface area contributed by atoms with Gasteiger partial charge in [0.1, 0.15) is 0 Å². The Hall–Kier alpha value is -0.520. The number of carbonyl (C=O) groups is 2. The van der Waals surface area contributed by atoms with Gasteiger partial charge in [-0.3, -0.25) is 0 Å². The fourth-order valence-corrected chi connectivity index (χ4v) is 7.14. The molecule has 0 fully saturated rings. The average molecular weight is 792 g/mol. The molecule has 0 spiro atoms. The van der Waals surface area contributed by atoms with Gasteiger partial charge in [-0.15, -0.1) is 0 Å². The SMILES string of the molecule is O=C(Oc1c(Br)cc(Br)cc1Br)c1ccc(C(=O)Oc2c(Br)cc(Br)cc2Br)cc1. The Morgan fingerprint density at radius 1 is 0.533 bits per heavy atom. The fraction of sp³-hybridized carbons (Fsp3) is 0. The Morgan fingerprint density at radius 2 is 0.800 bits per heavy atom. The molecule has 3 aromatic rings. The van der Waals surface area contributed by atoms with Crippen LogP contribution in [0.25, 0.3) is 0 Å². The van der Waals surface area contributed by atoms with Crippen LogP contribution in [-0.2, 0) is 0 Å². The van der Waals surface area contributed by atoms with Crippen molar-refractivity contribution in [3.63, 3.8) is 0 Å². The molecule has 0 aromatic heterocycles. The minimum atomic E-state index is -0.558. The summed E-state index contributed by atoms with van der Waals surface area (Å²) < 4.78 is 15.0. The van der Waals surface area contributed by atoms with E-state index in [0.29, 0.717) is 40.5 Å². The molecule has 3 aromatic carbocycles. The Kier molecular flexibility index (Phi) is 8.36. The first-order chi connectivity index (χ1) is 14.2. The number of hydrogen-bond donors (Lipinski definition) is 0. The monoisotopic (exact) mass is 786 g/mol. The lowest BCUT2D eigenvalue weighted by Gasteiger charge is -2.11. The molecule has 0 unspecified atom stereocenters. The van der Waals surface area contributed by atoms with Crippen LogP contribution < -0.4 is 9.47 Å². The van der Waals surface area contributed by atoms with Crippen molar-refractivity contribution in [3.05, 3.63) is 86.5 Å². The first-order valence-corrected chi connectivity index (χ1v) is 12.7. The van der Waals surface area contributed by atoms with Crippen LogP contribution in [0.15, 0.2) is 75.4 Å². The number of carbonyl (C=O) groups excluding carboxylic acids is 2. The number of ether oxygens (including phenoxy) is 2. The van der Waals surface area contributed by atoms with Gasteiger partial charge in [-0.25, -0.2) is 9.59 Å². The summed E-state index contributed by atoms with van der Waals surface area (Å²) in [6, 6.07) is 13.1. The summed E-state index contributed by atoms with van der Waals surface area (Å²) in [5, 5.41) is 0. The molecule has 10 heteroatoms. The maximum atomic E-state index is 12.5. The zero-order valence-corrected chi connectivity index (χ0v) is 24.0. The summed E-state index contributed by atoms with van der Waals surface area (Å²) in [7, 11) is 0. The first-order valence-electron chi connectivity index (χ1n) is 7.99. The Morgan fingerprint density at radius 3 is 1.07 bits per heavy atom. The molecule has 0 radical (unpaired) electrons. The van der Waals surface area contributed by atoms with Crippen molar-refractivity contribution >= 4 is 108 Å². The summed E-state index contributed by atoms with van der Waals surface area (Å²) in [5.74, 6) is -0.401. The molecule has 0 amide bonds. The van der Waals surface area contributed by atoms with E-state index in [9.17, 15) is 9.59 Å². The highest BCUT2D eigenvalue weighted by molar-refractivity contribution is 9.12. The van der Waals surface area contributed by atoms with Gasteiger partial charge in [0.15, 0.2) is 11.5 Å². The van der Waals surface area contributed by atoms with E-state index in [-0.39, 0.29) is 0 Å². The van der Waals surface area contributed by atoms with Crippen LogP contribution in [0.5, 0.6) is 11.5 Å². The molecule has 0 aliphatic carbocycles. The molecule has 4 nitrogen and oxygen atoms in total. The van der Waals surface area contributed by atoms with E-state index in [2.05, 4.69) is 95.6 Å². The van der Waals surface area contributed by atoms with Gasteiger partial charge in [0.05, 0.1) is 29.0 Å². The van der Waals surface area contributed by atoms with Crippen molar-refractivity contribution in [1.29, 1.82) is 0 Å². The number of hydrogen-bond acceptors (Lipinski definition) is 4.